The molecule has 3 atom stereocenters. The second-order valence-electron chi connectivity index (χ2n) is 4.76. The lowest BCUT2D eigenvalue weighted by Gasteiger charge is -2.35. The van der Waals surface area contributed by atoms with Gasteiger partial charge in [0.05, 0.1) is 12.6 Å². The molecule has 1 aliphatic heterocycles. The molecule has 1 fully saturated rings. The Kier molecular flexibility index (Phi) is 4.56. The predicted molar refractivity (Wildman–Crippen MR) is 72.3 cm³/mol. The second kappa shape index (κ2) is 5.96. The Balaban J connectivity index is 2.14. The second-order valence-corrected chi connectivity index (χ2v) is 5.54. The fraction of sp³-hybridized carbons (Fsp3) is 0.692. The van der Waals surface area contributed by atoms with Crippen LogP contribution in [0, 0.1) is 0 Å². The van der Waals surface area contributed by atoms with Gasteiger partial charge >= 0.3 is 0 Å². The highest BCUT2D eigenvalue weighted by Gasteiger charge is 2.30. The summed E-state index contributed by atoms with van der Waals surface area (Å²) in [5, 5.41) is 4.34. The molecule has 0 aliphatic carbocycles. The minimum Gasteiger partial charge on any atom is -0.380 e. The number of hydrogen-bond acceptors (Lipinski definition) is 4. The number of ether oxygens (including phenoxy) is 1. The van der Waals surface area contributed by atoms with E-state index in [0.717, 1.165) is 26.1 Å². The van der Waals surface area contributed by atoms with E-state index < -0.39 is 0 Å². The molecule has 2 rings (SSSR count). The summed E-state index contributed by atoms with van der Waals surface area (Å²) in [4.78, 5) is 2.41. The van der Waals surface area contributed by atoms with Crippen LogP contribution in [0.2, 0.25) is 0 Å². The number of rotatable bonds is 5. The van der Waals surface area contributed by atoms with Crippen LogP contribution in [0.3, 0.4) is 0 Å². The van der Waals surface area contributed by atoms with E-state index in [-0.39, 0.29) is 6.04 Å². The topological polar surface area (TPSA) is 38.5 Å². The van der Waals surface area contributed by atoms with E-state index in [2.05, 4.69) is 35.7 Å². The maximum atomic E-state index is 6.30. The predicted octanol–water partition coefficient (Wildman–Crippen LogP) is 2.25. The molecule has 1 aliphatic rings. The van der Waals surface area contributed by atoms with Crippen molar-refractivity contribution in [3.63, 3.8) is 0 Å². The molecule has 3 nitrogen and oxygen atoms in total. The summed E-state index contributed by atoms with van der Waals surface area (Å²) < 4.78 is 5.48. The summed E-state index contributed by atoms with van der Waals surface area (Å²) in [6, 6.07) is 3.21. The largest absolute Gasteiger partial charge is 0.380 e. The number of nitrogens with zero attached hydrogens (tertiary/aromatic N) is 1. The van der Waals surface area contributed by atoms with Gasteiger partial charge in [0, 0.05) is 18.7 Å². The third kappa shape index (κ3) is 2.88. The van der Waals surface area contributed by atoms with Crippen LogP contribution in [0.15, 0.2) is 16.8 Å². The van der Waals surface area contributed by atoms with Gasteiger partial charge in [-0.1, -0.05) is 6.92 Å². The molecule has 17 heavy (non-hydrogen) atoms. The maximum Gasteiger partial charge on any atom is 0.0622 e. The zero-order chi connectivity index (χ0) is 12.3. The highest BCUT2D eigenvalue weighted by atomic mass is 32.1. The zero-order valence-corrected chi connectivity index (χ0v) is 11.5. The molecule has 2 N–H and O–H groups in total. The van der Waals surface area contributed by atoms with Crippen LogP contribution >= 0.6 is 11.3 Å². The number of likely N-dealkylation sites (N-methyl/N-ethyl adjacent to an activating group) is 1. The van der Waals surface area contributed by atoms with E-state index in [1.807, 2.05) is 0 Å². The van der Waals surface area contributed by atoms with Gasteiger partial charge in [-0.3, -0.25) is 4.90 Å². The van der Waals surface area contributed by atoms with Gasteiger partial charge in [-0.25, -0.2) is 0 Å². The first kappa shape index (κ1) is 13.0. The van der Waals surface area contributed by atoms with Crippen molar-refractivity contribution in [1.82, 2.24) is 4.90 Å². The van der Waals surface area contributed by atoms with Gasteiger partial charge in [-0.2, -0.15) is 11.3 Å². The minimum atomic E-state index is 0.190. The van der Waals surface area contributed by atoms with Gasteiger partial charge < -0.3 is 10.5 Å². The molecular formula is C13H22N2OS. The average molecular weight is 254 g/mol. The lowest BCUT2D eigenvalue weighted by atomic mass is 9.97. The molecule has 96 valence electrons. The summed E-state index contributed by atoms with van der Waals surface area (Å²) in [5.74, 6) is 0. The molecule has 0 saturated carbocycles. The van der Waals surface area contributed by atoms with E-state index in [9.17, 15) is 0 Å². The van der Waals surface area contributed by atoms with Crippen LogP contribution in [0.4, 0.5) is 0 Å². The number of nitrogens with two attached hydrogens (primary N) is 1. The van der Waals surface area contributed by atoms with E-state index in [1.54, 1.807) is 11.3 Å². The third-order valence-electron chi connectivity index (χ3n) is 3.68. The quantitative estimate of drug-likeness (QED) is 0.876. The van der Waals surface area contributed by atoms with Crippen molar-refractivity contribution in [2.75, 3.05) is 20.3 Å². The van der Waals surface area contributed by atoms with Crippen molar-refractivity contribution in [3.05, 3.63) is 22.4 Å². The SMILES string of the molecule is CCC(N)C(c1ccsc1)N(C)C1CCOC1. The highest BCUT2D eigenvalue weighted by Crippen LogP contribution is 2.29. The molecule has 0 bridgehead atoms. The van der Waals surface area contributed by atoms with Crippen molar-refractivity contribution in [2.24, 2.45) is 5.73 Å². The van der Waals surface area contributed by atoms with Crippen molar-refractivity contribution >= 4 is 11.3 Å². The first-order chi connectivity index (χ1) is 8.24. The van der Waals surface area contributed by atoms with Crippen molar-refractivity contribution < 1.29 is 4.74 Å². The van der Waals surface area contributed by atoms with Crippen LogP contribution < -0.4 is 5.73 Å². The van der Waals surface area contributed by atoms with Crippen LogP contribution in [0.5, 0.6) is 0 Å². The van der Waals surface area contributed by atoms with Crippen molar-refractivity contribution in [2.45, 2.75) is 37.9 Å². The van der Waals surface area contributed by atoms with Gasteiger partial charge in [-0.05, 0) is 42.3 Å². The molecule has 2 heterocycles. The zero-order valence-electron chi connectivity index (χ0n) is 10.6. The van der Waals surface area contributed by atoms with E-state index in [0.29, 0.717) is 12.1 Å². The summed E-state index contributed by atoms with van der Waals surface area (Å²) >= 11 is 1.74. The molecular weight excluding hydrogens is 232 g/mol. The number of thiophene rings is 1. The lowest BCUT2D eigenvalue weighted by molar-refractivity contribution is 0.119. The standard InChI is InChI=1S/C13H22N2OS/c1-3-12(14)13(10-5-7-17-9-10)15(2)11-4-6-16-8-11/h5,7,9,11-13H,3-4,6,8,14H2,1-2H3. The van der Waals surface area contributed by atoms with Gasteiger partial charge in [-0.15, -0.1) is 0 Å². The lowest BCUT2D eigenvalue weighted by Crippen LogP contribution is -2.44. The number of hydrogen-bond donors (Lipinski definition) is 1. The average Bonchev–Trinajstić information content (AvgIpc) is 3.01. The maximum absolute atomic E-state index is 6.30. The summed E-state index contributed by atoms with van der Waals surface area (Å²) in [6.07, 6.45) is 2.12. The van der Waals surface area contributed by atoms with E-state index >= 15 is 0 Å². The van der Waals surface area contributed by atoms with Crippen molar-refractivity contribution in [1.29, 1.82) is 0 Å². The van der Waals surface area contributed by atoms with Crippen LogP contribution in [-0.2, 0) is 4.74 Å². The van der Waals surface area contributed by atoms with E-state index in [1.165, 1.54) is 5.56 Å². The Morgan fingerprint density at radius 3 is 3.00 bits per heavy atom. The van der Waals surface area contributed by atoms with Crippen LogP contribution in [0.1, 0.15) is 31.4 Å². The smallest absolute Gasteiger partial charge is 0.0622 e. The molecule has 0 amide bonds. The molecule has 1 aromatic heterocycles. The van der Waals surface area contributed by atoms with Gasteiger partial charge in [0.2, 0.25) is 0 Å². The summed E-state index contributed by atoms with van der Waals surface area (Å²) in [7, 11) is 2.18. The Morgan fingerprint density at radius 1 is 1.65 bits per heavy atom. The van der Waals surface area contributed by atoms with E-state index in [4.69, 9.17) is 10.5 Å². The fourth-order valence-electron chi connectivity index (χ4n) is 2.52. The molecule has 3 unspecified atom stereocenters. The summed E-state index contributed by atoms with van der Waals surface area (Å²) in [6.45, 7) is 3.88. The monoisotopic (exact) mass is 254 g/mol. The molecule has 0 radical (unpaired) electrons. The van der Waals surface area contributed by atoms with Gasteiger partial charge in [0.1, 0.15) is 0 Å². The molecule has 1 saturated heterocycles. The normalized spacial score (nSPS) is 24.1. The third-order valence-corrected chi connectivity index (χ3v) is 4.38. The minimum absolute atomic E-state index is 0.190. The summed E-state index contributed by atoms with van der Waals surface area (Å²) in [5.41, 5.74) is 7.65. The Morgan fingerprint density at radius 2 is 2.47 bits per heavy atom. The molecule has 1 aromatic rings. The Bertz CT molecular complexity index is 322. The van der Waals surface area contributed by atoms with Crippen LogP contribution in [0.25, 0.3) is 0 Å². The Labute approximate surface area is 108 Å². The first-order valence-electron chi connectivity index (χ1n) is 6.31. The van der Waals surface area contributed by atoms with Gasteiger partial charge in [0.15, 0.2) is 0 Å². The Hall–Kier alpha value is -0.420. The van der Waals surface area contributed by atoms with Crippen LogP contribution in [-0.4, -0.2) is 37.2 Å². The first-order valence-corrected chi connectivity index (χ1v) is 7.25. The molecule has 0 spiro atoms. The highest BCUT2D eigenvalue weighted by molar-refractivity contribution is 7.07. The molecule has 0 aromatic carbocycles. The van der Waals surface area contributed by atoms with Crippen molar-refractivity contribution in [3.8, 4) is 0 Å². The fourth-order valence-corrected chi connectivity index (χ4v) is 3.21. The van der Waals surface area contributed by atoms with Gasteiger partial charge in [0.25, 0.3) is 0 Å². The molecule has 4 heteroatoms.